The second-order valence-electron chi connectivity index (χ2n) is 3.13. The number of esters is 1. The maximum Gasteiger partial charge on any atom is 0.337 e. The number of benzene rings is 1. The van der Waals surface area contributed by atoms with E-state index in [4.69, 9.17) is 10.5 Å². The molecule has 0 radical (unpaired) electrons. The fourth-order valence-electron chi connectivity index (χ4n) is 0.842. The number of carbonyl (C=O) groups excluding carboxylic acids is 1. The Bertz CT molecular complexity index is 325. The molecule has 0 saturated carbocycles. The van der Waals surface area contributed by atoms with Crippen molar-refractivity contribution in [3.8, 4) is 5.75 Å². The molecule has 1 rings (SSSR count). The van der Waals surface area contributed by atoms with Crippen LogP contribution in [0.25, 0.3) is 0 Å². The van der Waals surface area contributed by atoms with Crippen LogP contribution in [-0.2, 0) is 4.79 Å². The summed E-state index contributed by atoms with van der Waals surface area (Å²) in [5, 5.41) is 0. The number of hydrogen-bond acceptors (Lipinski definition) is 3. The summed E-state index contributed by atoms with van der Waals surface area (Å²) >= 11 is 0. The molecule has 5 heteroatoms. The molecule has 0 heterocycles. The SMILES string of the molecule is NC(CF)(CF)C(=O)Oc1ccccc1. The van der Waals surface area contributed by atoms with Gasteiger partial charge in [-0.2, -0.15) is 0 Å². The quantitative estimate of drug-likeness (QED) is 0.607. The Kier molecular flexibility index (Phi) is 3.74. The van der Waals surface area contributed by atoms with Crippen LogP contribution in [-0.4, -0.2) is 24.9 Å². The Hall–Kier alpha value is -1.49. The van der Waals surface area contributed by atoms with E-state index in [0.29, 0.717) is 0 Å². The Labute approximate surface area is 85.8 Å². The molecule has 1 aromatic carbocycles. The second kappa shape index (κ2) is 4.84. The lowest BCUT2D eigenvalue weighted by molar-refractivity contribution is -0.141. The van der Waals surface area contributed by atoms with Gasteiger partial charge in [0.05, 0.1) is 0 Å². The van der Waals surface area contributed by atoms with Crippen LogP contribution in [0.3, 0.4) is 0 Å². The number of hydrogen-bond donors (Lipinski definition) is 1. The van der Waals surface area contributed by atoms with Gasteiger partial charge in [-0.3, -0.25) is 0 Å². The molecule has 0 aromatic heterocycles. The minimum absolute atomic E-state index is 0.208. The fraction of sp³-hybridized carbons (Fsp3) is 0.300. The molecule has 1 aromatic rings. The molecule has 82 valence electrons. The number of ether oxygens (including phenoxy) is 1. The zero-order valence-electron chi connectivity index (χ0n) is 7.95. The van der Waals surface area contributed by atoms with Crippen molar-refractivity contribution in [2.24, 2.45) is 5.73 Å². The zero-order valence-corrected chi connectivity index (χ0v) is 7.95. The van der Waals surface area contributed by atoms with Crippen LogP contribution in [0.1, 0.15) is 0 Å². The van der Waals surface area contributed by atoms with Crippen molar-refractivity contribution in [3.63, 3.8) is 0 Å². The highest BCUT2D eigenvalue weighted by Gasteiger charge is 2.36. The summed E-state index contributed by atoms with van der Waals surface area (Å²) in [6.07, 6.45) is 0. The van der Waals surface area contributed by atoms with E-state index in [-0.39, 0.29) is 5.75 Å². The molecule has 0 bridgehead atoms. The van der Waals surface area contributed by atoms with Crippen LogP contribution in [0.15, 0.2) is 30.3 Å². The Morgan fingerprint density at radius 3 is 2.27 bits per heavy atom. The second-order valence-corrected chi connectivity index (χ2v) is 3.13. The lowest BCUT2D eigenvalue weighted by atomic mass is 10.1. The molecule has 3 nitrogen and oxygen atoms in total. The third kappa shape index (κ3) is 2.73. The smallest absolute Gasteiger partial charge is 0.337 e. The average molecular weight is 215 g/mol. The first-order valence-electron chi connectivity index (χ1n) is 4.30. The first-order valence-corrected chi connectivity index (χ1v) is 4.30. The molecule has 0 aliphatic carbocycles. The van der Waals surface area contributed by atoms with Crippen molar-refractivity contribution in [1.82, 2.24) is 0 Å². The van der Waals surface area contributed by atoms with Crippen molar-refractivity contribution in [3.05, 3.63) is 30.3 Å². The van der Waals surface area contributed by atoms with E-state index in [1.54, 1.807) is 18.2 Å². The van der Waals surface area contributed by atoms with Crippen molar-refractivity contribution >= 4 is 5.97 Å². The Balaban J connectivity index is 2.71. The predicted molar refractivity (Wildman–Crippen MR) is 50.9 cm³/mol. The molecule has 0 unspecified atom stereocenters. The van der Waals surface area contributed by atoms with E-state index < -0.39 is 24.9 Å². The summed E-state index contributed by atoms with van der Waals surface area (Å²) in [6, 6.07) is 7.97. The van der Waals surface area contributed by atoms with Gasteiger partial charge in [0.1, 0.15) is 19.1 Å². The molecule has 0 spiro atoms. The van der Waals surface area contributed by atoms with Crippen molar-refractivity contribution in [2.75, 3.05) is 13.3 Å². The van der Waals surface area contributed by atoms with Crippen LogP contribution in [0, 0.1) is 0 Å². The lowest BCUT2D eigenvalue weighted by Crippen LogP contribution is -2.54. The number of para-hydroxylation sites is 1. The topological polar surface area (TPSA) is 52.3 Å². The van der Waals surface area contributed by atoms with Crippen LogP contribution in [0.2, 0.25) is 0 Å². The van der Waals surface area contributed by atoms with Crippen LogP contribution in [0.4, 0.5) is 8.78 Å². The molecule has 0 saturated heterocycles. The molecule has 0 fully saturated rings. The van der Waals surface area contributed by atoms with Gasteiger partial charge in [-0.05, 0) is 12.1 Å². The molecule has 0 aliphatic heterocycles. The van der Waals surface area contributed by atoms with E-state index >= 15 is 0 Å². The number of halogens is 2. The molecular weight excluding hydrogens is 204 g/mol. The molecule has 2 N–H and O–H groups in total. The third-order valence-corrected chi connectivity index (χ3v) is 1.84. The average Bonchev–Trinajstić information content (AvgIpc) is 2.29. The Morgan fingerprint density at radius 1 is 1.27 bits per heavy atom. The van der Waals surface area contributed by atoms with E-state index in [0.717, 1.165) is 0 Å². The monoisotopic (exact) mass is 215 g/mol. The van der Waals surface area contributed by atoms with Gasteiger partial charge in [0.15, 0.2) is 5.54 Å². The first kappa shape index (κ1) is 11.6. The Morgan fingerprint density at radius 2 is 1.80 bits per heavy atom. The summed E-state index contributed by atoms with van der Waals surface area (Å²) in [5.41, 5.74) is 2.96. The number of rotatable bonds is 4. The zero-order chi connectivity index (χ0) is 11.3. The molecular formula is C10H11F2NO2. The third-order valence-electron chi connectivity index (χ3n) is 1.84. The summed E-state index contributed by atoms with van der Waals surface area (Å²) < 4.78 is 29.4. The largest absolute Gasteiger partial charge is 0.425 e. The van der Waals surface area contributed by atoms with Gasteiger partial charge in [0.2, 0.25) is 0 Å². The van der Waals surface area contributed by atoms with Gasteiger partial charge in [-0.15, -0.1) is 0 Å². The van der Waals surface area contributed by atoms with Gasteiger partial charge < -0.3 is 10.5 Å². The number of carbonyl (C=O) groups is 1. The highest BCUT2D eigenvalue weighted by Crippen LogP contribution is 2.13. The minimum atomic E-state index is -2.20. The minimum Gasteiger partial charge on any atom is -0.425 e. The van der Waals surface area contributed by atoms with Crippen LogP contribution < -0.4 is 10.5 Å². The van der Waals surface area contributed by atoms with Crippen LogP contribution >= 0.6 is 0 Å². The highest BCUT2D eigenvalue weighted by atomic mass is 19.1. The van der Waals surface area contributed by atoms with Crippen molar-refractivity contribution in [2.45, 2.75) is 5.54 Å². The van der Waals surface area contributed by atoms with Gasteiger partial charge in [0.25, 0.3) is 0 Å². The van der Waals surface area contributed by atoms with E-state index in [9.17, 15) is 13.6 Å². The maximum atomic E-state index is 12.3. The molecule has 0 aliphatic rings. The summed E-state index contributed by atoms with van der Waals surface area (Å²) in [5.74, 6) is -0.905. The normalized spacial score (nSPS) is 11.1. The van der Waals surface area contributed by atoms with E-state index in [1.165, 1.54) is 12.1 Å². The lowest BCUT2D eigenvalue weighted by Gasteiger charge is -2.19. The standard InChI is InChI=1S/C10H11F2NO2/c11-6-10(13,7-12)9(14)15-8-4-2-1-3-5-8/h1-5H,6-7,13H2. The predicted octanol–water partition coefficient (Wildman–Crippen LogP) is 1.23. The van der Waals surface area contributed by atoms with Crippen molar-refractivity contribution in [1.29, 1.82) is 0 Å². The van der Waals surface area contributed by atoms with Gasteiger partial charge in [-0.1, -0.05) is 18.2 Å². The van der Waals surface area contributed by atoms with Crippen molar-refractivity contribution < 1.29 is 18.3 Å². The van der Waals surface area contributed by atoms with E-state index in [1.807, 2.05) is 0 Å². The summed E-state index contributed by atoms with van der Waals surface area (Å²) in [6.45, 7) is -2.59. The van der Waals surface area contributed by atoms with Gasteiger partial charge >= 0.3 is 5.97 Å². The summed E-state index contributed by atoms with van der Waals surface area (Å²) in [7, 11) is 0. The number of nitrogens with two attached hydrogens (primary N) is 1. The van der Waals surface area contributed by atoms with Crippen LogP contribution in [0.5, 0.6) is 5.75 Å². The van der Waals surface area contributed by atoms with E-state index in [2.05, 4.69) is 0 Å². The fourth-order valence-corrected chi connectivity index (χ4v) is 0.842. The number of alkyl halides is 2. The molecule has 0 atom stereocenters. The van der Waals surface area contributed by atoms with Gasteiger partial charge in [-0.25, -0.2) is 13.6 Å². The molecule has 15 heavy (non-hydrogen) atoms. The highest BCUT2D eigenvalue weighted by molar-refractivity contribution is 5.83. The summed E-state index contributed by atoms with van der Waals surface area (Å²) in [4.78, 5) is 11.3. The molecule has 0 amide bonds. The van der Waals surface area contributed by atoms with Gasteiger partial charge in [0, 0.05) is 0 Å². The maximum absolute atomic E-state index is 12.3. The first-order chi connectivity index (χ1) is 7.12.